The van der Waals surface area contributed by atoms with Crippen LogP contribution in [0.3, 0.4) is 0 Å². The summed E-state index contributed by atoms with van der Waals surface area (Å²) in [6.07, 6.45) is 0.784. The molecule has 1 atom stereocenters. The number of aliphatic imine (C=N–C) groups is 1. The van der Waals surface area contributed by atoms with Crippen molar-refractivity contribution < 1.29 is 9.13 Å². The van der Waals surface area contributed by atoms with Crippen LogP contribution in [0.5, 0.6) is 0 Å². The summed E-state index contributed by atoms with van der Waals surface area (Å²) in [7, 11) is 3.69. The van der Waals surface area contributed by atoms with Gasteiger partial charge in [-0.15, -0.1) is 35.3 Å². The first-order valence-electron chi connectivity index (χ1n) is 8.74. The molecule has 1 N–H and O–H groups in total. The van der Waals surface area contributed by atoms with Crippen LogP contribution in [-0.4, -0.2) is 43.1 Å². The minimum Gasteiger partial charge on any atom is -0.375 e. The smallest absolute Gasteiger partial charge is 0.194 e. The number of thiazole rings is 1. The van der Waals surface area contributed by atoms with Crippen molar-refractivity contribution in [2.45, 2.75) is 32.9 Å². The van der Waals surface area contributed by atoms with Crippen molar-refractivity contribution in [3.63, 3.8) is 0 Å². The summed E-state index contributed by atoms with van der Waals surface area (Å²) in [6.45, 7) is 6.15. The number of hydrogen-bond acceptors (Lipinski definition) is 4. The number of hydrogen-bond donors (Lipinski definition) is 1. The SMILES string of the molecule is CCNC(=NCCc1ccc(F)cc1)N(C)Cc1csc(C(C)OC)n1.I. The molecule has 150 valence electrons. The minimum atomic E-state index is -0.212. The van der Waals surface area contributed by atoms with Gasteiger partial charge in [-0.25, -0.2) is 9.37 Å². The van der Waals surface area contributed by atoms with Gasteiger partial charge in [0.15, 0.2) is 5.96 Å². The topological polar surface area (TPSA) is 49.8 Å². The Morgan fingerprint density at radius 2 is 2.07 bits per heavy atom. The molecule has 0 radical (unpaired) electrons. The van der Waals surface area contributed by atoms with Gasteiger partial charge in [0.25, 0.3) is 0 Å². The summed E-state index contributed by atoms with van der Waals surface area (Å²) in [5.41, 5.74) is 2.08. The van der Waals surface area contributed by atoms with Crippen molar-refractivity contribution in [2.24, 2.45) is 4.99 Å². The van der Waals surface area contributed by atoms with Gasteiger partial charge in [0.05, 0.1) is 12.2 Å². The van der Waals surface area contributed by atoms with Gasteiger partial charge >= 0.3 is 0 Å². The van der Waals surface area contributed by atoms with Crippen molar-refractivity contribution in [2.75, 3.05) is 27.2 Å². The molecule has 2 rings (SSSR count). The van der Waals surface area contributed by atoms with Gasteiger partial charge in [0.2, 0.25) is 0 Å². The molecule has 0 spiro atoms. The molecular weight excluding hydrogens is 478 g/mol. The molecule has 0 amide bonds. The summed E-state index contributed by atoms with van der Waals surface area (Å²) in [6, 6.07) is 6.57. The lowest BCUT2D eigenvalue weighted by molar-refractivity contribution is 0.119. The van der Waals surface area contributed by atoms with Crippen molar-refractivity contribution in [3.8, 4) is 0 Å². The number of guanidine groups is 1. The molecule has 0 saturated heterocycles. The van der Waals surface area contributed by atoms with Crippen molar-refractivity contribution in [3.05, 3.63) is 51.7 Å². The molecule has 5 nitrogen and oxygen atoms in total. The maximum absolute atomic E-state index is 13.0. The van der Waals surface area contributed by atoms with E-state index in [2.05, 4.69) is 25.6 Å². The predicted molar refractivity (Wildman–Crippen MR) is 121 cm³/mol. The number of methoxy groups -OCH3 is 1. The highest BCUT2D eigenvalue weighted by Crippen LogP contribution is 2.20. The molecule has 1 unspecified atom stereocenters. The maximum atomic E-state index is 13.0. The van der Waals surface area contributed by atoms with E-state index in [9.17, 15) is 4.39 Å². The number of nitrogens with zero attached hydrogens (tertiary/aromatic N) is 3. The Bertz CT molecular complexity index is 708. The normalized spacial score (nSPS) is 12.4. The molecule has 0 bridgehead atoms. The predicted octanol–water partition coefficient (Wildman–Crippen LogP) is 4.25. The van der Waals surface area contributed by atoms with Crippen molar-refractivity contribution >= 4 is 41.3 Å². The number of aromatic nitrogens is 1. The monoisotopic (exact) mass is 506 g/mol. The second-order valence-corrected chi connectivity index (χ2v) is 6.91. The summed E-state index contributed by atoms with van der Waals surface area (Å²) >= 11 is 1.61. The fourth-order valence-corrected chi connectivity index (χ4v) is 3.25. The zero-order valence-corrected chi connectivity index (χ0v) is 19.4. The van der Waals surface area contributed by atoms with E-state index in [0.717, 1.165) is 35.2 Å². The van der Waals surface area contributed by atoms with E-state index in [0.29, 0.717) is 13.1 Å². The second kappa shape index (κ2) is 12.2. The van der Waals surface area contributed by atoms with Gasteiger partial charge in [-0.05, 0) is 38.0 Å². The first-order chi connectivity index (χ1) is 12.5. The van der Waals surface area contributed by atoms with Gasteiger partial charge in [-0.3, -0.25) is 4.99 Å². The number of rotatable bonds is 8. The Hall–Kier alpha value is -1.26. The fraction of sp³-hybridized carbons (Fsp3) is 0.474. The van der Waals surface area contributed by atoms with Crippen LogP contribution in [0, 0.1) is 5.82 Å². The van der Waals surface area contributed by atoms with Crippen LogP contribution < -0.4 is 5.32 Å². The molecule has 0 aliphatic rings. The number of nitrogens with one attached hydrogen (secondary N) is 1. The quantitative estimate of drug-likeness (QED) is 0.331. The third-order valence-electron chi connectivity index (χ3n) is 3.94. The van der Waals surface area contributed by atoms with E-state index in [1.807, 2.05) is 20.9 Å². The van der Waals surface area contributed by atoms with Gasteiger partial charge in [-0.2, -0.15) is 0 Å². The number of ether oxygens (including phenoxy) is 1. The standard InChI is InChI=1S/C19H27FN4OS.HI/c1-5-21-19(22-11-10-15-6-8-16(20)9-7-15)24(3)12-17-13-26-18(23-17)14(2)25-4;/h6-9,13-14H,5,10-12H2,1-4H3,(H,21,22);1H. The lowest BCUT2D eigenvalue weighted by Crippen LogP contribution is -2.38. The van der Waals surface area contributed by atoms with Crippen LogP contribution in [0.1, 0.15) is 36.2 Å². The zero-order valence-electron chi connectivity index (χ0n) is 16.2. The summed E-state index contributed by atoms with van der Waals surface area (Å²) in [4.78, 5) is 11.4. The van der Waals surface area contributed by atoms with Crippen LogP contribution in [0.15, 0.2) is 34.6 Å². The highest BCUT2D eigenvalue weighted by Gasteiger charge is 2.12. The third kappa shape index (κ3) is 7.71. The summed E-state index contributed by atoms with van der Waals surface area (Å²) < 4.78 is 18.3. The molecular formula is C19H28FIN4OS. The highest BCUT2D eigenvalue weighted by molar-refractivity contribution is 14.0. The Labute approximate surface area is 182 Å². The Kier molecular flexibility index (Phi) is 10.8. The molecule has 0 saturated carbocycles. The van der Waals surface area contributed by atoms with Crippen molar-refractivity contribution in [1.29, 1.82) is 0 Å². The largest absolute Gasteiger partial charge is 0.375 e. The van der Waals surface area contributed by atoms with E-state index in [-0.39, 0.29) is 35.9 Å². The van der Waals surface area contributed by atoms with Crippen LogP contribution in [0.2, 0.25) is 0 Å². The molecule has 1 aromatic carbocycles. The molecule has 0 aliphatic heterocycles. The Balaban J connectivity index is 0.00000364. The molecule has 2 aromatic rings. The number of benzene rings is 1. The van der Waals surface area contributed by atoms with Crippen molar-refractivity contribution in [1.82, 2.24) is 15.2 Å². The first kappa shape index (κ1) is 23.8. The van der Waals surface area contributed by atoms with E-state index >= 15 is 0 Å². The van der Waals surface area contributed by atoms with E-state index in [4.69, 9.17) is 4.74 Å². The Morgan fingerprint density at radius 1 is 1.37 bits per heavy atom. The average molecular weight is 506 g/mol. The first-order valence-corrected chi connectivity index (χ1v) is 9.62. The zero-order chi connectivity index (χ0) is 18.9. The fourth-order valence-electron chi connectivity index (χ4n) is 2.41. The summed E-state index contributed by atoms with van der Waals surface area (Å²) in [5, 5.41) is 6.35. The summed E-state index contributed by atoms with van der Waals surface area (Å²) in [5.74, 6) is 0.625. The van der Waals surface area contributed by atoms with E-state index in [1.165, 1.54) is 12.1 Å². The molecule has 27 heavy (non-hydrogen) atoms. The molecule has 8 heteroatoms. The molecule has 0 aliphatic carbocycles. The van der Waals surface area contributed by atoms with E-state index in [1.54, 1.807) is 30.6 Å². The van der Waals surface area contributed by atoms with Gasteiger partial charge in [-0.1, -0.05) is 12.1 Å². The number of halogens is 2. The maximum Gasteiger partial charge on any atom is 0.194 e. The van der Waals surface area contributed by atoms with Crippen LogP contribution in [0.4, 0.5) is 4.39 Å². The van der Waals surface area contributed by atoms with Crippen LogP contribution >= 0.6 is 35.3 Å². The van der Waals surface area contributed by atoms with Gasteiger partial charge in [0.1, 0.15) is 16.9 Å². The van der Waals surface area contributed by atoms with Crippen LogP contribution in [0.25, 0.3) is 0 Å². The minimum absolute atomic E-state index is 0. The highest BCUT2D eigenvalue weighted by atomic mass is 127. The molecule has 1 aromatic heterocycles. The van der Waals surface area contributed by atoms with Crippen LogP contribution in [-0.2, 0) is 17.7 Å². The lowest BCUT2D eigenvalue weighted by Gasteiger charge is -2.21. The molecule has 0 fully saturated rings. The average Bonchev–Trinajstić information content (AvgIpc) is 3.10. The lowest BCUT2D eigenvalue weighted by atomic mass is 10.1. The third-order valence-corrected chi connectivity index (χ3v) is 5.00. The van der Waals surface area contributed by atoms with Gasteiger partial charge in [0, 0.05) is 32.6 Å². The van der Waals surface area contributed by atoms with E-state index < -0.39 is 0 Å². The molecule has 1 heterocycles. The second-order valence-electron chi connectivity index (χ2n) is 6.02. The Morgan fingerprint density at radius 3 is 2.70 bits per heavy atom. The van der Waals surface area contributed by atoms with Gasteiger partial charge < -0.3 is 15.0 Å².